The lowest BCUT2D eigenvalue weighted by atomic mass is 9.95. The molecule has 0 atom stereocenters. The predicted octanol–water partition coefficient (Wildman–Crippen LogP) is 2.81. The number of rotatable bonds is 6. The summed E-state index contributed by atoms with van der Waals surface area (Å²) in [6.07, 6.45) is 12.6. The van der Waals surface area contributed by atoms with E-state index in [1.807, 2.05) is 26.0 Å². The molecule has 1 aliphatic rings. The van der Waals surface area contributed by atoms with Crippen molar-refractivity contribution in [3.63, 3.8) is 0 Å². The highest BCUT2D eigenvalue weighted by Gasteiger charge is 2.20. The summed E-state index contributed by atoms with van der Waals surface area (Å²) < 4.78 is 7.21. The van der Waals surface area contributed by atoms with Crippen molar-refractivity contribution in [2.24, 2.45) is 0 Å². The molecule has 1 aromatic rings. The molecule has 6 heteroatoms. The highest BCUT2D eigenvalue weighted by Crippen LogP contribution is 2.32. The predicted molar refractivity (Wildman–Crippen MR) is 102 cm³/mol. The third-order valence-corrected chi connectivity index (χ3v) is 4.83. The van der Waals surface area contributed by atoms with Gasteiger partial charge in [-0.1, -0.05) is 25.2 Å². The number of carbonyl (C=O) groups is 2. The summed E-state index contributed by atoms with van der Waals surface area (Å²) in [5.41, 5.74) is 2.84. The largest absolute Gasteiger partial charge is 0.451 e. The van der Waals surface area contributed by atoms with Crippen LogP contribution in [-0.4, -0.2) is 29.6 Å². The minimum atomic E-state index is -0.823. The lowest BCUT2D eigenvalue weighted by molar-refractivity contribution is -0.144. The standard InChI is InChI=1S/C21H25N3O3/c1-4-10-23-20(25)14-27-21(26)18(13-22)12-17-11-15(2)24(16(17)3)19-8-6-5-7-9-19/h1,11-12,19H,5-10,14H2,2-3H3,(H,23,25)/b18-12+. The summed E-state index contributed by atoms with van der Waals surface area (Å²) in [6, 6.07) is 4.32. The fourth-order valence-electron chi connectivity index (χ4n) is 3.55. The van der Waals surface area contributed by atoms with E-state index in [1.165, 1.54) is 25.3 Å². The molecule has 0 saturated heterocycles. The molecule has 1 aliphatic carbocycles. The van der Waals surface area contributed by atoms with Crippen molar-refractivity contribution in [3.8, 4) is 18.4 Å². The monoisotopic (exact) mass is 367 g/mol. The van der Waals surface area contributed by atoms with E-state index in [1.54, 1.807) is 0 Å². The Kier molecular flexibility index (Phi) is 7.25. The van der Waals surface area contributed by atoms with Gasteiger partial charge in [0.15, 0.2) is 6.61 Å². The number of hydrogen-bond donors (Lipinski definition) is 1. The molecule has 0 aromatic carbocycles. The number of ether oxygens (including phenoxy) is 1. The summed E-state index contributed by atoms with van der Waals surface area (Å²) in [5.74, 6) is 0.926. The molecule has 1 heterocycles. The lowest BCUT2D eigenvalue weighted by Crippen LogP contribution is -2.29. The third kappa shape index (κ3) is 5.24. The van der Waals surface area contributed by atoms with E-state index in [-0.39, 0.29) is 12.1 Å². The first kappa shape index (κ1) is 20.3. The first-order chi connectivity index (χ1) is 13.0. The van der Waals surface area contributed by atoms with Gasteiger partial charge in [-0.2, -0.15) is 5.26 Å². The molecule has 6 nitrogen and oxygen atoms in total. The molecule has 0 unspecified atom stereocenters. The Hall–Kier alpha value is -2.99. The van der Waals surface area contributed by atoms with Crippen molar-refractivity contribution in [1.82, 2.24) is 9.88 Å². The summed E-state index contributed by atoms with van der Waals surface area (Å²) in [6.45, 7) is 3.63. The van der Waals surface area contributed by atoms with E-state index in [2.05, 4.69) is 15.8 Å². The van der Waals surface area contributed by atoms with Gasteiger partial charge < -0.3 is 14.6 Å². The van der Waals surface area contributed by atoms with Crippen molar-refractivity contribution < 1.29 is 14.3 Å². The number of nitriles is 1. The van der Waals surface area contributed by atoms with E-state index in [4.69, 9.17) is 11.2 Å². The second-order valence-corrected chi connectivity index (χ2v) is 6.72. The Morgan fingerprint density at radius 1 is 1.37 bits per heavy atom. The second kappa shape index (κ2) is 9.64. The van der Waals surface area contributed by atoms with E-state index < -0.39 is 18.5 Å². The molecule has 142 valence electrons. The van der Waals surface area contributed by atoms with Crippen molar-refractivity contribution >= 4 is 18.0 Å². The average molecular weight is 367 g/mol. The van der Waals surface area contributed by atoms with Gasteiger partial charge in [0.2, 0.25) is 0 Å². The zero-order chi connectivity index (χ0) is 19.8. The fourth-order valence-corrected chi connectivity index (χ4v) is 3.55. The zero-order valence-corrected chi connectivity index (χ0v) is 15.9. The van der Waals surface area contributed by atoms with Crippen LogP contribution in [0.5, 0.6) is 0 Å². The SMILES string of the molecule is C#CCNC(=O)COC(=O)/C(C#N)=C/c1cc(C)n(C2CCCCC2)c1C. The fraction of sp³-hybridized carbons (Fsp3) is 0.476. The molecule has 1 aromatic heterocycles. The molecule has 2 rings (SSSR count). The van der Waals surface area contributed by atoms with Crippen molar-refractivity contribution in [2.75, 3.05) is 13.2 Å². The van der Waals surface area contributed by atoms with Gasteiger partial charge in [0.1, 0.15) is 11.6 Å². The Balaban J connectivity index is 2.13. The van der Waals surface area contributed by atoms with Crippen LogP contribution in [0, 0.1) is 37.5 Å². The van der Waals surface area contributed by atoms with Crippen LogP contribution in [0.4, 0.5) is 0 Å². The molecule has 0 aliphatic heterocycles. The Bertz CT molecular complexity index is 815. The molecule has 0 bridgehead atoms. The molecular weight excluding hydrogens is 342 g/mol. The number of aryl methyl sites for hydroxylation is 1. The maximum Gasteiger partial charge on any atom is 0.349 e. The van der Waals surface area contributed by atoms with Gasteiger partial charge in [0, 0.05) is 17.4 Å². The van der Waals surface area contributed by atoms with Crippen LogP contribution in [0.1, 0.15) is 55.1 Å². The third-order valence-electron chi connectivity index (χ3n) is 4.83. The molecular formula is C21H25N3O3. The topological polar surface area (TPSA) is 84.1 Å². The Morgan fingerprint density at radius 2 is 2.07 bits per heavy atom. The number of esters is 1. The van der Waals surface area contributed by atoms with E-state index in [0.717, 1.165) is 29.8 Å². The summed E-state index contributed by atoms with van der Waals surface area (Å²) in [5, 5.41) is 11.7. The van der Waals surface area contributed by atoms with Gasteiger partial charge in [-0.05, 0) is 44.4 Å². The quantitative estimate of drug-likeness (QED) is 0.363. The van der Waals surface area contributed by atoms with Crippen molar-refractivity contribution in [3.05, 3.63) is 28.6 Å². The minimum Gasteiger partial charge on any atom is -0.451 e. The van der Waals surface area contributed by atoms with Crippen LogP contribution in [0.2, 0.25) is 0 Å². The zero-order valence-electron chi connectivity index (χ0n) is 15.9. The van der Waals surface area contributed by atoms with Gasteiger partial charge in [0.05, 0.1) is 6.54 Å². The second-order valence-electron chi connectivity index (χ2n) is 6.72. The molecule has 1 fully saturated rings. The molecule has 1 N–H and O–H groups in total. The number of terminal acetylenes is 1. The molecule has 1 amide bonds. The van der Waals surface area contributed by atoms with Crippen LogP contribution < -0.4 is 5.32 Å². The lowest BCUT2D eigenvalue weighted by Gasteiger charge is -2.26. The average Bonchev–Trinajstić information content (AvgIpc) is 2.96. The maximum atomic E-state index is 12.1. The smallest absolute Gasteiger partial charge is 0.349 e. The van der Waals surface area contributed by atoms with Gasteiger partial charge in [-0.3, -0.25) is 4.79 Å². The number of amides is 1. The maximum absolute atomic E-state index is 12.1. The number of aromatic nitrogens is 1. The number of hydrogen-bond acceptors (Lipinski definition) is 4. The first-order valence-electron chi connectivity index (χ1n) is 9.15. The first-order valence-corrected chi connectivity index (χ1v) is 9.15. The van der Waals surface area contributed by atoms with E-state index >= 15 is 0 Å². The summed E-state index contributed by atoms with van der Waals surface area (Å²) >= 11 is 0. The van der Waals surface area contributed by atoms with Gasteiger partial charge >= 0.3 is 5.97 Å². The van der Waals surface area contributed by atoms with E-state index in [0.29, 0.717) is 6.04 Å². The summed E-state index contributed by atoms with van der Waals surface area (Å²) in [7, 11) is 0. The molecule has 1 saturated carbocycles. The van der Waals surface area contributed by atoms with Crippen LogP contribution >= 0.6 is 0 Å². The molecule has 27 heavy (non-hydrogen) atoms. The van der Waals surface area contributed by atoms with E-state index in [9.17, 15) is 14.9 Å². The summed E-state index contributed by atoms with van der Waals surface area (Å²) in [4.78, 5) is 23.6. The number of nitrogens with one attached hydrogen (secondary N) is 1. The number of carbonyl (C=O) groups excluding carboxylic acids is 2. The van der Waals surface area contributed by atoms with Crippen LogP contribution in [0.15, 0.2) is 11.6 Å². The number of nitrogens with zero attached hydrogens (tertiary/aromatic N) is 2. The van der Waals surface area contributed by atoms with Crippen molar-refractivity contribution in [1.29, 1.82) is 5.26 Å². The Morgan fingerprint density at radius 3 is 2.70 bits per heavy atom. The highest BCUT2D eigenvalue weighted by atomic mass is 16.5. The Labute approximate surface area is 160 Å². The molecule has 0 spiro atoms. The minimum absolute atomic E-state index is 0.0600. The van der Waals surface area contributed by atoms with Gasteiger partial charge in [0.25, 0.3) is 5.91 Å². The highest BCUT2D eigenvalue weighted by molar-refractivity contribution is 5.99. The normalized spacial score (nSPS) is 14.9. The van der Waals surface area contributed by atoms with Crippen LogP contribution in [-0.2, 0) is 14.3 Å². The molecule has 0 radical (unpaired) electrons. The van der Waals surface area contributed by atoms with Gasteiger partial charge in [-0.15, -0.1) is 6.42 Å². The van der Waals surface area contributed by atoms with Crippen LogP contribution in [0.3, 0.4) is 0 Å². The van der Waals surface area contributed by atoms with Gasteiger partial charge in [-0.25, -0.2) is 4.79 Å². The van der Waals surface area contributed by atoms with Crippen molar-refractivity contribution in [2.45, 2.75) is 52.0 Å². The van der Waals surface area contributed by atoms with Crippen LogP contribution in [0.25, 0.3) is 6.08 Å².